The molecule has 1 aliphatic rings. The number of hydrogen-bond donors (Lipinski definition) is 2. The average Bonchev–Trinajstić information content (AvgIpc) is 2.77. The normalized spacial score (nSPS) is 16.9. The van der Waals surface area contributed by atoms with Gasteiger partial charge in [0.1, 0.15) is 0 Å². The minimum atomic E-state index is -0.215. The van der Waals surface area contributed by atoms with Gasteiger partial charge in [0, 0.05) is 26.2 Å². The van der Waals surface area contributed by atoms with Gasteiger partial charge in [0.15, 0.2) is 0 Å². The van der Waals surface area contributed by atoms with E-state index in [1.54, 1.807) is 0 Å². The van der Waals surface area contributed by atoms with Crippen molar-refractivity contribution in [3.05, 3.63) is 5.01 Å². The first-order valence-corrected chi connectivity index (χ1v) is 6.24. The van der Waals surface area contributed by atoms with Crippen molar-refractivity contribution in [2.75, 3.05) is 45.1 Å². The molecule has 2 rings (SSSR count). The number of anilines is 1. The highest BCUT2D eigenvalue weighted by atomic mass is 32.1. The minimum Gasteiger partial charge on any atom is -0.379 e. The number of carbonyl (C=O) groups is 1. The molecule has 1 aromatic rings. The summed E-state index contributed by atoms with van der Waals surface area (Å²) in [6, 6.07) is 0. The van der Waals surface area contributed by atoms with Gasteiger partial charge in [-0.15, -0.1) is 10.2 Å². The van der Waals surface area contributed by atoms with Gasteiger partial charge in [0.2, 0.25) is 10.1 Å². The maximum atomic E-state index is 11.6. The molecule has 17 heavy (non-hydrogen) atoms. The largest absolute Gasteiger partial charge is 0.379 e. The lowest BCUT2D eigenvalue weighted by Gasteiger charge is -2.26. The third-order valence-electron chi connectivity index (χ3n) is 2.45. The molecule has 8 heteroatoms. The number of nitrogens with one attached hydrogen (secondary N) is 1. The van der Waals surface area contributed by atoms with E-state index in [0.717, 1.165) is 44.2 Å². The fourth-order valence-electron chi connectivity index (χ4n) is 1.55. The smallest absolute Gasteiger partial charge is 0.282 e. The minimum absolute atomic E-state index is 0.215. The first kappa shape index (κ1) is 12.2. The van der Waals surface area contributed by atoms with Gasteiger partial charge >= 0.3 is 0 Å². The molecule has 0 aliphatic carbocycles. The zero-order valence-corrected chi connectivity index (χ0v) is 10.2. The standard InChI is InChI=1S/C9H15N5O2S/c10-9-13-12-8(17-9)7(15)11-1-2-14-3-5-16-6-4-14/h1-6H2,(H2,10,13)(H,11,15). The first-order valence-electron chi connectivity index (χ1n) is 5.43. The van der Waals surface area contributed by atoms with Crippen molar-refractivity contribution in [3.8, 4) is 0 Å². The zero-order chi connectivity index (χ0) is 12.1. The molecule has 0 atom stereocenters. The number of amides is 1. The Labute approximate surface area is 103 Å². The number of morpholine rings is 1. The van der Waals surface area contributed by atoms with Crippen LogP contribution < -0.4 is 11.1 Å². The molecule has 1 aromatic heterocycles. The molecular weight excluding hydrogens is 242 g/mol. The van der Waals surface area contributed by atoms with Crippen LogP contribution in [0.3, 0.4) is 0 Å². The quantitative estimate of drug-likeness (QED) is 0.732. The van der Waals surface area contributed by atoms with Crippen molar-refractivity contribution in [2.45, 2.75) is 0 Å². The Morgan fingerprint density at radius 2 is 2.24 bits per heavy atom. The first-order chi connectivity index (χ1) is 8.25. The molecule has 1 amide bonds. The van der Waals surface area contributed by atoms with E-state index in [-0.39, 0.29) is 5.91 Å². The molecule has 0 unspecified atom stereocenters. The molecule has 0 radical (unpaired) electrons. The lowest BCUT2D eigenvalue weighted by Crippen LogP contribution is -2.41. The lowest BCUT2D eigenvalue weighted by molar-refractivity contribution is 0.0383. The molecule has 0 saturated carbocycles. The van der Waals surface area contributed by atoms with Crippen molar-refractivity contribution in [1.82, 2.24) is 20.4 Å². The van der Waals surface area contributed by atoms with Gasteiger partial charge in [0.25, 0.3) is 5.91 Å². The monoisotopic (exact) mass is 257 g/mol. The second kappa shape index (κ2) is 5.89. The Balaban J connectivity index is 1.69. The molecule has 94 valence electrons. The van der Waals surface area contributed by atoms with Crippen LogP contribution in [0.25, 0.3) is 0 Å². The summed E-state index contributed by atoms with van der Waals surface area (Å²) < 4.78 is 5.24. The van der Waals surface area contributed by atoms with Crippen LogP contribution in [-0.2, 0) is 4.74 Å². The van der Waals surface area contributed by atoms with E-state index in [9.17, 15) is 4.79 Å². The van der Waals surface area contributed by atoms with Crippen LogP contribution in [0.15, 0.2) is 0 Å². The number of nitrogens with zero attached hydrogens (tertiary/aromatic N) is 3. The summed E-state index contributed by atoms with van der Waals surface area (Å²) in [7, 11) is 0. The average molecular weight is 257 g/mol. The van der Waals surface area contributed by atoms with Gasteiger partial charge in [-0.05, 0) is 0 Å². The topological polar surface area (TPSA) is 93.4 Å². The van der Waals surface area contributed by atoms with E-state index in [2.05, 4.69) is 20.4 Å². The maximum Gasteiger partial charge on any atom is 0.282 e. The van der Waals surface area contributed by atoms with E-state index in [1.807, 2.05) is 0 Å². The molecule has 0 bridgehead atoms. The second-order valence-electron chi connectivity index (χ2n) is 3.66. The van der Waals surface area contributed by atoms with Crippen molar-refractivity contribution < 1.29 is 9.53 Å². The Morgan fingerprint density at radius 3 is 2.88 bits per heavy atom. The summed E-state index contributed by atoms with van der Waals surface area (Å²) >= 11 is 1.09. The van der Waals surface area contributed by atoms with E-state index >= 15 is 0 Å². The molecule has 1 saturated heterocycles. The van der Waals surface area contributed by atoms with E-state index in [4.69, 9.17) is 10.5 Å². The van der Waals surface area contributed by atoms with Crippen LogP contribution in [-0.4, -0.2) is 60.4 Å². The molecule has 2 heterocycles. The highest BCUT2D eigenvalue weighted by Gasteiger charge is 2.13. The van der Waals surface area contributed by atoms with Gasteiger partial charge in [-0.1, -0.05) is 11.3 Å². The number of rotatable bonds is 4. The van der Waals surface area contributed by atoms with Crippen LogP contribution in [0.1, 0.15) is 9.80 Å². The fraction of sp³-hybridized carbons (Fsp3) is 0.667. The molecule has 0 aromatic carbocycles. The van der Waals surface area contributed by atoms with Crippen LogP contribution in [0.5, 0.6) is 0 Å². The molecule has 1 aliphatic heterocycles. The Kier molecular flexibility index (Phi) is 4.24. The molecular formula is C9H15N5O2S. The lowest BCUT2D eigenvalue weighted by atomic mass is 10.4. The molecule has 1 fully saturated rings. The zero-order valence-electron chi connectivity index (χ0n) is 9.39. The Bertz CT molecular complexity index is 377. The number of aromatic nitrogens is 2. The van der Waals surface area contributed by atoms with Gasteiger partial charge < -0.3 is 15.8 Å². The summed E-state index contributed by atoms with van der Waals surface area (Å²) in [5.74, 6) is -0.215. The summed E-state index contributed by atoms with van der Waals surface area (Å²) in [5, 5.41) is 10.7. The number of carbonyl (C=O) groups excluding carboxylic acids is 1. The SMILES string of the molecule is Nc1nnc(C(=O)NCCN2CCOCC2)s1. The Hall–Kier alpha value is -1.25. The third kappa shape index (κ3) is 3.62. The number of hydrogen-bond acceptors (Lipinski definition) is 7. The number of nitrogen functional groups attached to an aromatic ring is 1. The molecule has 0 spiro atoms. The molecule has 3 N–H and O–H groups in total. The van der Waals surface area contributed by atoms with Crippen molar-refractivity contribution in [2.24, 2.45) is 0 Å². The van der Waals surface area contributed by atoms with Crippen molar-refractivity contribution in [3.63, 3.8) is 0 Å². The van der Waals surface area contributed by atoms with E-state index in [1.165, 1.54) is 0 Å². The van der Waals surface area contributed by atoms with Gasteiger partial charge in [-0.3, -0.25) is 9.69 Å². The van der Waals surface area contributed by atoms with Gasteiger partial charge in [-0.2, -0.15) is 0 Å². The number of ether oxygens (including phenoxy) is 1. The predicted octanol–water partition coefficient (Wildman–Crippen LogP) is -0.818. The van der Waals surface area contributed by atoms with Gasteiger partial charge in [-0.25, -0.2) is 0 Å². The highest BCUT2D eigenvalue weighted by Crippen LogP contribution is 2.10. The van der Waals surface area contributed by atoms with Crippen LogP contribution in [0.2, 0.25) is 0 Å². The maximum absolute atomic E-state index is 11.6. The predicted molar refractivity (Wildman–Crippen MR) is 63.9 cm³/mol. The third-order valence-corrected chi connectivity index (χ3v) is 3.20. The summed E-state index contributed by atoms with van der Waals surface area (Å²) in [6.07, 6.45) is 0. The van der Waals surface area contributed by atoms with E-state index in [0.29, 0.717) is 16.7 Å². The molecule has 7 nitrogen and oxygen atoms in total. The summed E-state index contributed by atoms with van der Waals surface area (Å²) in [5.41, 5.74) is 5.40. The van der Waals surface area contributed by atoms with Crippen molar-refractivity contribution in [1.29, 1.82) is 0 Å². The van der Waals surface area contributed by atoms with Crippen LogP contribution >= 0.6 is 11.3 Å². The second-order valence-corrected chi connectivity index (χ2v) is 4.66. The fourth-order valence-corrected chi connectivity index (χ4v) is 2.08. The number of nitrogens with two attached hydrogens (primary N) is 1. The summed E-state index contributed by atoms with van der Waals surface area (Å²) in [4.78, 5) is 13.8. The van der Waals surface area contributed by atoms with Crippen molar-refractivity contribution >= 4 is 22.4 Å². The Morgan fingerprint density at radius 1 is 1.47 bits per heavy atom. The highest BCUT2D eigenvalue weighted by molar-refractivity contribution is 7.16. The summed E-state index contributed by atoms with van der Waals surface area (Å²) in [6.45, 7) is 4.78. The van der Waals surface area contributed by atoms with Crippen LogP contribution in [0.4, 0.5) is 5.13 Å². The van der Waals surface area contributed by atoms with Crippen LogP contribution in [0, 0.1) is 0 Å². The van der Waals surface area contributed by atoms with Gasteiger partial charge in [0.05, 0.1) is 13.2 Å². The van der Waals surface area contributed by atoms with E-state index < -0.39 is 0 Å².